The van der Waals surface area contributed by atoms with Crippen LogP contribution in [0, 0.1) is 12.7 Å². The lowest BCUT2D eigenvalue weighted by Crippen LogP contribution is -2.37. The number of carbonyl (C=O) groups is 1. The highest BCUT2D eigenvalue weighted by Gasteiger charge is 2.28. The van der Waals surface area contributed by atoms with Crippen LogP contribution in [-0.2, 0) is 11.3 Å². The molecule has 0 aliphatic heterocycles. The van der Waals surface area contributed by atoms with E-state index in [-0.39, 0.29) is 5.82 Å². The van der Waals surface area contributed by atoms with Crippen molar-refractivity contribution in [3.05, 3.63) is 54.1 Å². The summed E-state index contributed by atoms with van der Waals surface area (Å²) in [5.41, 5.74) is 2.04. The highest BCUT2D eigenvalue weighted by atomic mass is 19.4. The van der Waals surface area contributed by atoms with Crippen LogP contribution >= 0.6 is 0 Å². The molecule has 2 rings (SSSR count). The molecule has 0 fully saturated rings. The van der Waals surface area contributed by atoms with E-state index in [0.29, 0.717) is 18.9 Å². The fourth-order valence-corrected chi connectivity index (χ4v) is 1.88. The van der Waals surface area contributed by atoms with Gasteiger partial charge in [0.25, 0.3) is 0 Å². The topological polar surface area (TPSA) is 56.5 Å². The smallest absolute Gasteiger partial charge is 0.430 e. The molecule has 0 unspecified atom stereocenters. The molecule has 0 spiro atoms. The Morgan fingerprint density at radius 3 is 2.19 bits per heavy atom. The number of hydrogen-bond donors (Lipinski definition) is 0. The minimum absolute atomic E-state index is 0.307. The van der Waals surface area contributed by atoms with Gasteiger partial charge < -0.3 is 19.5 Å². The van der Waals surface area contributed by atoms with Crippen molar-refractivity contribution in [2.75, 3.05) is 25.6 Å². The molecule has 1 aromatic carbocycles. The molecule has 0 saturated carbocycles. The van der Waals surface area contributed by atoms with E-state index in [1.54, 1.807) is 6.07 Å². The van der Waals surface area contributed by atoms with E-state index in [1.165, 1.54) is 6.07 Å². The molecule has 5 nitrogen and oxygen atoms in total. The number of aliphatic carboxylic acids is 1. The largest absolute Gasteiger partial charge is 0.542 e. The molecular weight excluding hydrogens is 368 g/mol. The Morgan fingerprint density at radius 2 is 1.74 bits per heavy atom. The van der Waals surface area contributed by atoms with E-state index in [1.807, 2.05) is 61.1 Å². The van der Waals surface area contributed by atoms with Crippen LogP contribution in [0.1, 0.15) is 5.56 Å². The van der Waals surface area contributed by atoms with Crippen molar-refractivity contribution in [3.63, 3.8) is 0 Å². The number of benzene rings is 1. The second kappa shape index (κ2) is 9.75. The summed E-state index contributed by atoms with van der Waals surface area (Å²) in [6.07, 6.45) is -1.21. The van der Waals surface area contributed by atoms with Crippen LogP contribution in [0.15, 0.2) is 42.7 Å². The molecule has 2 aromatic rings. The van der Waals surface area contributed by atoms with Gasteiger partial charge >= 0.3 is 6.18 Å². The molecule has 0 atom stereocenters. The van der Waals surface area contributed by atoms with Gasteiger partial charge in [-0.1, -0.05) is 6.07 Å². The van der Waals surface area contributed by atoms with Crippen LogP contribution in [-0.4, -0.2) is 32.8 Å². The van der Waals surface area contributed by atoms with Gasteiger partial charge in [0.05, 0.1) is 0 Å². The molecule has 0 aliphatic carbocycles. The zero-order chi connectivity index (χ0) is 20.6. The van der Waals surface area contributed by atoms with Crippen LogP contribution in [0.25, 0.3) is 0 Å². The van der Waals surface area contributed by atoms with E-state index < -0.39 is 12.1 Å². The lowest BCUT2D eigenvalue weighted by molar-refractivity contribution is -0.697. The Balaban J connectivity index is 0.000000445. The van der Waals surface area contributed by atoms with Crippen molar-refractivity contribution >= 4 is 11.7 Å². The zero-order valence-electron chi connectivity index (χ0n) is 15.1. The maximum atomic E-state index is 13.6. The molecule has 0 radical (unpaired) electrons. The molecule has 9 heteroatoms. The average Bonchev–Trinajstić information content (AvgIpc) is 2.57. The normalized spacial score (nSPS) is 10.6. The number of anilines is 1. The number of halogens is 4. The number of nitrogens with zero attached hydrogens (tertiary/aromatic N) is 2. The number of hydrogen-bond acceptors (Lipinski definition) is 4. The highest BCUT2D eigenvalue weighted by molar-refractivity contribution is 5.70. The first-order chi connectivity index (χ1) is 12.5. The summed E-state index contributed by atoms with van der Waals surface area (Å²) >= 11 is 0. The van der Waals surface area contributed by atoms with Crippen molar-refractivity contribution in [2.24, 2.45) is 0 Å². The zero-order valence-corrected chi connectivity index (χ0v) is 15.1. The van der Waals surface area contributed by atoms with Gasteiger partial charge in [-0.2, -0.15) is 13.2 Å². The van der Waals surface area contributed by atoms with E-state index in [9.17, 15) is 17.6 Å². The summed E-state index contributed by atoms with van der Waals surface area (Å²) in [6, 6.07) is 9.06. The first kappa shape index (κ1) is 22.2. The monoisotopic (exact) mass is 388 g/mol. The number of alkyl halides is 3. The molecule has 0 saturated heterocycles. The van der Waals surface area contributed by atoms with E-state index in [0.717, 1.165) is 11.3 Å². The average molecular weight is 388 g/mol. The number of pyridine rings is 1. The number of carbonyl (C=O) groups excluding carboxylic acids is 1. The standard InChI is InChI=1S/C16H20FN2O.C2HF3O2/c1-13-4-5-16(15(17)12-13)20-11-10-19-8-6-14(7-9-19)18(2)3;3-2(4,5)1(6)7/h4-9,12H,10-11H2,1-3H3;(H,6,7)/q+1;/p-1. The van der Waals surface area contributed by atoms with Crippen molar-refractivity contribution in [2.45, 2.75) is 19.6 Å². The van der Waals surface area contributed by atoms with Gasteiger partial charge in [0.15, 0.2) is 30.5 Å². The summed E-state index contributed by atoms with van der Waals surface area (Å²) in [6.45, 7) is 2.97. The van der Waals surface area contributed by atoms with Gasteiger partial charge in [0, 0.05) is 31.9 Å². The van der Waals surface area contributed by atoms with Crippen molar-refractivity contribution in [1.82, 2.24) is 0 Å². The molecular formula is C18H20F4N2O3. The van der Waals surface area contributed by atoms with Crippen LogP contribution in [0.5, 0.6) is 5.75 Å². The molecule has 0 bridgehead atoms. The van der Waals surface area contributed by atoms with Gasteiger partial charge in [0.2, 0.25) is 0 Å². The van der Waals surface area contributed by atoms with Gasteiger partial charge in [-0.3, -0.25) is 0 Å². The van der Waals surface area contributed by atoms with Gasteiger partial charge in [-0.25, -0.2) is 8.96 Å². The second-order valence-corrected chi connectivity index (χ2v) is 5.76. The Hall–Kier alpha value is -2.84. The van der Waals surface area contributed by atoms with Gasteiger partial charge in [0.1, 0.15) is 12.6 Å². The summed E-state index contributed by atoms with van der Waals surface area (Å²) in [4.78, 5) is 10.8. The third-order valence-electron chi connectivity index (χ3n) is 3.32. The van der Waals surface area contributed by atoms with Gasteiger partial charge in [-0.05, 0) is 24.6 Å². The van der Waals surface area contributed by atoms with Crippen LogP contribution < -0.4 is 19.3 Å². The van der Waals surface area contributed by atoms with E-state index >= 15 is 0 Å². The molecule has 1 aromatic heterocycles. The Labute approximate surface area is 154 Å². The number of rotatable bonds is 5. The number of aryl methyl sites for hydroxylation is 1. The molecule has 0 N–H and O–H groups in total. The van der Waals surface area contributed by atoms with Crippen molar-refractivity contribution in [1.29, 1.82) is 0 Å². The first-order valence-corrected chi connectivity index (χ1v) is 7.84. The maximum Gasteiger partial charge on any atom is 0.430 e. The van der Waals surface area contributed by atoms with Crippen molar-refractivity contribution < 1.29 is 36.8 Å². The summed E-state index contributed by atoms with van der Waals surface area (Å²) in [5, 5.41) is 8.78. The summed E-state index contributed by atoms with van der Waals surface area (Å²) < 4.78 is 52.6. The molecule has 0 aliphatic rings. The maximum absolute atomic E-state index is 13.6. The lowest BCUT2D eigenvalue weighted by atomic mass is 10.2. The highest BCUT2D eigenvalue weighted by Crippen LogP contribution is 2.17. The number of aromatic nitrogens is 1. The van der Waals surface area contributed by atoms with Crippen LogP contribution in [0.3, 0.4) is 0 Å². The Morgan fingerprint density at radius 1 is 1.19 bits per heavy atom. The second-order valence-electron chi connectivity index (χ2n) is 5.76. The molecule has 1 heterocycles. The summed E-state index contributed by atoms with van der Waals surface area (Å²) in [7, 11) is 4.01. The number of carboxylic acids is 1. The Bertz CT molecular complexity index is 747. The molecule has 148 valence electrons. The minimum Gasteiger partial charge on any atom is -0.542 e. The summed E-state index contributed by atoms with van der Waals surface area (Å²) in [5.74, 6) is -3.01. The quantitative estimate of drug-likeness (QED) is 0.580. The first-order valence-electron chi connectivity index (χ1n) is 7.84. The van der Waals surface area contributed by atoms with Crippen molar-refractivity contribution in [3.8, 4) is 5.75 Å². The number of ether oxygens (including phenoxy) is 1. The SMILES string of the molecule is Cc1ccc(OCC[n+]2ccc(N(C)C)cc2)c(F)c1.O=C([O-])C(F)(F)F. The molecule has 27 heavy (non-hydrogen) atoms. The Kier molecular flexibility index (Phi) is 8.01. The fourth-order valence-electron chi connectivity index (χ4n) is 1.88. The van der Waals surface area contributed by atoms with E-state index in [2.05, 4.69) is 0 Å². The number of carboxylic acid groups (broad SMARTS) is 1. The van der Waals surface area contributed by atoms with Crippen LogP contribution in [0.4, 0.5) is 23.2 Å². The third-order valence-corrected chi connectivity index (χ3v) is 3.32. The van der Waals surface area contributed by atoms with Gasteiger partial charge in [-0.15, -0.1) is 0 Å². The molecule has 0 amide bonds. The van der Waals surface area contributed by atoms with Crippen LogP contribution in [0.2, 0.25) is 0 Å². The fraction of sp³-hybridized carbons (Fsp3) is 0.333. The third kappa shape index (κ3) is 7.93. The predicted octanol–water partition coefficient (Wildman–Crippen LogP) is 1.87. The lowest BCUT2D eigenvalue weighted by Gasteiger charge is -2.10. The predicted molar refractivity (Wildman–Crippen MR) is 88.7 cm³/mol. The minimum atomic E-state index is -5.19. The van der Waals surface area contributed by atoms with E-state index in [4.69, 9.17) is 14.6 Å².